The van der Waals surface area contributed by atoms with Crippen LogP contribution in [0.1, 0.15) is 18.4 Å². The molecule has 5 nitrogen and oxygen atoms in total. The number of hydrogen-bond donors (Lipinski definition) is 2. The van der Waals surface area contributed by atoms with Crippen molar-refractivity contribution in [1.82, 2.24) is 5.32 Å². The molecular weight excluding hydrogens is 348 g/mol. The maximum absolute atomic E-state index is 12.0. The topological polar surface area (TPSA) is 67.4 Å². The first kappa shape index (κ1) is 18.3. The van der Waals surface area contributed by atoms with E-state index in [4.69, 9.17) is 4.74 Å². The van der Waals surface area contributed by atoms with Crippen LogP contribution in [0, 0.1) is 5.92 Å². The number of rotatable bonds is 8. The summed E-state index contributed by atoms with van der Waals surface area (Å²) >= 11 is 1.49. The Morgan fingerprint density at radius 2 is 1.77 bits per heavy atom. The highest BCUT2D eigenvalue weighted by Gasteiger charge is 2.29. The van der Waals surface area contributed by atoms with Crippen LogP contribution in [0.3, 0.4) is 0 Å². The monoisotopic (exact) mass is 370 g/mol. The van der Waals surface area contributed by atoms with Gasteiger partial charge in [-0.3, -0.25) is 9.59 Å². The van der Waals surface area contributed by atoms with E-state index in [2.05, 4.69) is 10.6 Å². The molecule has 3 rings (SSSR count). The minimum atomic E-state index is -0.0167. The van der Waals surface area contributed by atoms with E-state index in [0.29, 0.717) is 12.3 Å². The van der Waals surface area contributed by atoms with Gasteiger partial charge in [0.2, 0.25) is 11.8 Å². The van der Waals surface area contributed by atoms with E-state index in [0.717, 1.165) is 34.7 Å². The molecular formula is C20H22N2O3S. The number of methoxy groups -OCH3 is 1. The smallest absolute Gasteiger partial charge is 0.230 e. The molecule has 1 fully saturated rings. The van der Waals surface area contributed by atoms with Gasteiger partial charge in [-0.05, 0) is 54.8 Å². The average Bonchev–Trinajstić information content (AvgIpc) is 3.51. The molecule has 2 aromatic rings. The largest absolute Gasteiger partial charge is 0.497 e. The van der Waals surface area contributed by atoms with Crippen molar-refractivity contribution < 1.29 is 14.3 Å². The summed E-state index contributed by atoms with van der Waals surface area (Å²) in [5.41, 5.74) is 1.80. The summed E-state index contributed by atoms with van der Waals surface area (Å²) in [7, 11) is 1.63. The summed E-state index contributed by atoms with van der Waals surface area (Å²) in [4.78, 5) is 24.7. The van der Waals surface area contributed by atoms with Crippen LogP contribution in [-0.2, 0) is 16.1 Å². The second-order valence-electron chi connectivity index (χ2n) is 6.20. The van der Waals surface area contributed by atoms with Crippen molar-refractivity contribution in [1.29, 1.82) is 0 Å². The van der Waals surface area contributed by atoms with Crippen LogP contribution in [0.25, 0.3) is 0 Å². The molecule has 0 aromatic heterocycles. The molecule has 1 aliphatic rings. The van der Waals surface area contributed by atoms with Crippen LogP contribution in [0.15, 0.2) is 53.4 Å². The molecule has 1 saturated carbocycles. The lowest BCUT2D eigenvalue weighted by molar-refractivity contribution is -0.119. The number of anilines is 1. The molecule has 2 aromatic carbocycles. The van der Waals surface area contributed by atoms with E-state index < -0.39 is 0 Å². The van der Waals surface area contributed by atoms with Crippen LogP contribution in [0.2, 0.25) is 0 Å². The third-order valence-electron chi connectivity index (χ3n) is 4.09. The van der Waals surface area contributed by atoms with E-state index in [1.165, 1.54) is 11.8 Å². The van der Waals surface area contributed by atoms with E-state index in [1.54, 1.807) is 7.11 Å². The standard InChI is InChI=1S/C20H22N2O3S/c1-25-17-8-10-18(11-9-17)26-13-19(23)21-12-14-2-6-16(7-3-14)22-20(24)15-4-5-15/h2-3,6-11,15H,4-5,12-13H2,1H3,(H,21,23)(H,22,24). The zero-order valence-corrected chi connectivity index (χ0v) is 15.5. The van der Waals surface area contributed by atoms with Gasteiger partial charge in [-0.25, -0.2) is 0 Å². The third-order valence-corrected chi connectivity index (χ3v) is 5.10. The van der Waals surface area contributed by atoms with Gasteiger partial charge in [-0.15, -0.1) is 11.8 Å². The molecule has 0 spiro atoms. The highest BCUT2D eigenvalue weighted by Crippen LogP contribution is 2.30. The summed E-state index contributed by atoms with van der Waals surface area (Å²) in [5, 5.41) is 5.81. The van der Waals surface area contributed by atoms with Crippen molar-refractivity contribution in [2.24, 2.45) is 5.92 Å². The summed E-state index contributed by atoms with van der Waals surface area (Å²) in [6, 6.07) is 15.2. The van der Waals surface area contributed by atoms with Crippen molar-refractivity contribution in [2.75, 3.05) is 18.2 Å². The van der Waals surface area contributed by atoms with Gasteiger partial charge in [0, 0.05) is 23.0 Å². The second kappa shape index (κ2) is 8.76. The van der Waals surface area contributed by atoms with Crippen molar-refractivity contribution in [3.63, 3.8) is 0 Å². The van der Waals surface area contributed by atoms with E-state index in [-0.39, 0.29) is 17.7 Å². The van der Waals surface area contributed by atoms with Gasteiger partial charge in [0.25, 0.3) is 0 Å². The van der Waals surface area contributed by atoms with Crippen LogP contribution >= 0.6 is 11.8 Å². The molecule has 0 saturated heterocycles. The van der Waals surface area contributed by atoms with Gasteiger partial charge in [0.15, 0.2) is 0 Å². The highest BCUT2D eigenvalue weighted by molar-refractivity contribution is 8.00. The maximum atomic E-state index is 12.0. The third kappa shape index (κ3) is 5.52. The molecule has 136 valence electrons. The number of carbonyl (C=O) groups excluding carboxylic acids is 2. The van der Waals surface area contributed by atoms with E-state index in [9.17, 15) is 9.59 Å². The van der Waals surface area contributed by atoms with E-state index >= 15 is 0 Å². The molecule has 0 aliphatic heterocycles. The number of hydrogen-bond acceptors (Lipinski definition) is 4. The minimum Gasteiger partial charge on any atom is -0.497 e. The Bertz CT molecular complexity index is 756. The molecule has 0 atom stereocenters. The average molecular weight is 370 g/mol. The Morgan fingerprint density at radius 3 is 2.38 bits per heavy atom. The lowest BCUT2D eigenvalue weighted by Crippen LogP contribution is -2.24. The van der Waals surface area contributed by atoms with Gasteiger partial charge in [0.1, 0.15) is 5.75 Å². The second-order valence-corrected chi connectivity index (χ2v) is 7.25. The predicted octanol–water partition coefficient (Wildman–Crippen LogP) is 3.45. The van der Waals surface area contributed by atoms with Gasteiger partial charge < -0.3 is 15.4 Å². The predicted molar refractivity (Wildman–Crippen MR) is 103 cm³/mol. The fourth-order valence-corrected chi connectivity index (χ4v) is 3.10. The van der Waals surface area contributed by atoms with Gasteiger partial charge in [-0.2, -0.15) is 0 Å². The highest BCUT2D eigenvalue weighted by atomic mass is 32.2. The molecule has 0 bridgehead atoms. The Hall–Kier alpha value is -2.47. The summed E-state index contributed by atoms with van der Waals surface area (Å²) in [6.07, 6.45) is 1.98. The first-order chi connectivity index (χ1) is 12.6. The Labute approximate surface area is 157 Å². The molecule has 26 heavy (non-hydrogen) atoms. The van der Waals surface area contributed by atoms with Gasteiger partial charge in [0.05, 0.1) is 12.9 Å². The Balaban J connectivity index is 1.39. The molecule has 6 heteroatoms. The zero-order valence-electron chi connectivity index (χ0n) is 14.7. The maximum Gasteiger partial charge on any atom is 0.230 e. The fourth-order valence-electron chi connectivity index (χ4n) is 2.37. The molecule has 1 aliphatic carbocycles. The lowest BCUT2D eigenvalue weighted by atomic mass is 10.2. The van der Waals surface area contributed by atoms with Crippen molar-refractivity contribution in [3.8, 4) is 5.75 Å². The Kier molecular flexibility index (Phi) is 6.17. The molecule has 0 unspecified atom stereocenters. The number of benzene rings is 2. The Morgan fingerprint density at radius 1 is 1.08 bits per heavy atom. The summed E-state index contributed by atoms with van der Waals surface area (Å²) < 4.78 is 5.11. The van der Waals surface area contributed by atoms with Crippen LogP contribution in [0.5, 0.6) is 5.75 Å². The lowest BCUT2D eigenvalue weighted by Gasteiger charge is -2.08. The summed E-state index contributed by atoms with van der Waals surface area (Å²) in [5.74, 6) is 1.44. The van der Waals surface area contributed by atoms with Crippen molar-refractivity contribution >= 4 is 29.3 Å². The first-order valence-electron chi connectivity index (χ1n) is 8.57. The van der Waals surface area contributed by atoms with Crippen LogP contribution in [0.4, 0.5) is 5.69 Å². The van der Waals surface area contributed by atoms with E-state index in [1.807, 2.05) is 48.5 Å². The van der Waals surface area contributed by atoms with Crippen LogP contribution < -0.4 is 15.4 Å². The van der Waals surface area contributed by atoms with Crippen LogP contribution in [-0.4, -0.2) is 24.7 Å². The minimum absolute atomic E-state index is 0.0167. The van der Waals surface area contributed by atoms with Crippen molar-refractivity contribution in [3.05, 3.63) is 54.1 Å². The number of thioether (sulfide) groups is 1. The number of nitrogens with one attached hydrogen (secondary N) is 2. The fraction of sp³-hybridized carbons (Fsp3) is 0.300. The zero-order chi connectivity index (χ0) is 18.4. The molecule has 0 radical (unpaired) electrons. The quantitative estimate of drug-likeness (QED) is 0.699. The van der Waals surface area contributed by atoms with Crippen molar-refractivity contribution in [2.45, 2.75) is 24.3 Å². The normalized spacial score (nSPS) is 13.1. The molecule has 0 heterocycles. The van der Waals surface area contributed by atoms with Gasteiger partial charge >= 0.3 is 0 Å². The number of amides is 2. The number of ether oxygens (including phenoxy) is 1. The van der Waals surface area contributed by atoms with Gasteiger partial charge in [-0.1, -0.05) is 12.1 Å². The SMILES string of the molecule is COc1ccc(SCC(=O)NCc2ccc(NC(=O)C3CC3)cc2)cc1. The molecule has 2 N–H and O–H groups in total. The summed E-state index contributed by atoms with van der Waals surface area (Å²) in [6.45, 7) is 0.471. The first-order valence-corrected chi connectivity index (χ1v) is 9.56. The number of carbonyl (C=O) groups is 2. The molecule has 2 amide bonds.